The van der Waals surface area contributed by atoms with E-state index in [-0.39, 0.29) is 6.04 Å². The van der Waals surface area contributed by atoms with Crippen LogP contribution in [0, 0.1) is 0 Å². The fourth-order valence-corrected chi connectivity index (χ4v) is 2.67. The Morgan fingerprint density at radius 2 is 2.11 bits per heavy atom. The summed E-state index contributed by atoms with van der Waals surface area (Å²) in [5, 5.41) is 4.00. The number of rotatable bonds is 3. The number of hydrogen-bond donors (Lipinski definition) is 1. The minimum absolute atomic E-state index is 0.0572. The maximum absolute atomic E-state index is 12.6. The predicted octanol–water partition coefficient (Wildman–Crippen LogP) is 3.99. The van der Waals surface area contributed by atoms with Gasteiger partial charge < -0.3 is 5.32 Å². The molecule has 0 aliphatic rings. The van der Waals surface area contributed by atoms with Gasteiger partial charge in [0, 0.05) is 0 Å². The zero-order valence-corrected chi connectivity index (χ0v) is 10.8. The van der Waals surface area contributed by atoms with Crippen LogP contribution in [0.1, 0.15) is 30.5 Å². The van der Waals surface area contributed by atoms with Gasteiger partial charge in [-0.25, -0.2) is 4.98 Å². The van der Waals surface area contributed by atoms with Gasteiger partial charge in [-0.1, -0.05) is 6.92 Å². The summed E-state index contributed by atoms with van der Waals surface area (Å²) in [5.74, 6) is 0. The lowest BCUT2D eigenvalue weighted by Crippen LogP contribution is -2.17. The maximum atomic E-state index is 12.6. The molecule has 2 rings (SSSR count). The fourth-order valence-electron chi connectivity index (χ4n) is 1.70. The van der Waals surface area contributed by atoms with Gasteiger partial charge in [-0.05, 0) is 31.7 Å². The van der Waals surface area contributed by atoms with Crippen LogP contribution in [0.25, 0.3) is 10.2 Å². The van der Waals surface area contributed by atoms with E-state index in [0.29, 0.717) is 5.52 Å². The second kappa shape index (κ2) is 4.85. The second-order valence-corrected chi connectivity index (χ2v) is 5.07. The van der Waals surface area contributed by atoms with Crippen LogP contribution in [0.5, 0.6) is 0 Å². The summed E-state index contributed by atoms with van der Waals surface area (Å²) in [6, 6.07) is 3.75. The van der Waals surface area contributed by atoms with Gasteiger partial charge in [-0.2, -0.15) is 13.2 Å². The van der Waals surface area contributed by atoms with Crippen molar-refractivity contribution >= 4 is 21.6 Å². The molecule has 1 aromatic heterocycles. The molecular formula is C12H13F3N2S. The van der Waals surface area contributed by atoms with Gasteiger partial charge in [0.15, 0.2) is 0 Å². The lowest BCUT2D eigenvalue weighted by atomic mass is 10.2. The molecule has 2 nitrogen and oxygen atoms in total. The normalized spacial score (nSPS) is 14.1. The van der Waals surface area contributed by atoms with E-state index in [1.54, 1.807) is 0 Å². The Morgan fingerprint density at radius 3 is 2.72 bits per heavy atom. The van der Waals surface area contributed by atoms with Crippen molar-refractivity contribution in [2.45, 2.75) is 26.1 Å². The lowest BCUT2D eigenvalue weighted by molar-refractivity contribution is -0.137. The summed E-state index contributed by atoms with van der Waals surface area (Å²) in [4.78, 5) is 4.26. The molecule has 0 radical (unpaired) electrons. The number of fused-ring (bicyclic) bond motifs is 1. The van der Waals surface area contributed by atoms with Crippen molar-refractivity contribution in [2.75, 3.05) is 6.54 Å². The average molecular weight is 274 g/mol. The number of aromatic nitrogens is 1. The molecule has 0 spiro atoms. The molecule has 0 aliphatic carbocycles. The van der Waals surface area contributed by atoms with Crippen LogP contribution >= 0.6 is 11.3 Å². The molecule has 1 aromatic carbocycles. The molecule has 0 bridgehead atoms. The molecular weight excluding hydrogens is 261 g/mol. The van der Waals surface area contributed by atoms with Gasteiger partial charge in [0.25, 0.3) is 0 Å². The van der Waals surface area contributed by atoms with E-state index in [9.17, 15) is 13.2 Å². The van der Waals surface area contributed by atoms with Crippen molar-refractivity contribution < 1.29 is 13.2 Å². The van der Waals surface area contributed by atoms with Crippen LogP contribution in [-0.2, 0) is 6.18 Å². The van der Waals surface area contributed by atoms with Gasteiger partial charge in [0.1, 0.15) is 5.01 Å². The number of halogens is 3. The van der Waals surface area contributed by atoms with Crippen LogP contribution < -0.4 is 5.32 Å². The number of benzene rings is 1. The van der Waals surface area contributed by atoms with Crippen LogP contribution in [0.3, 0.4) is 0 Å². The Labute approximate surface area is 107 Å². The van der Waals surface area contributed by atoms with E-state index in [1.807, 2.05) is 13.8 Å². The SMILES string of the molecule is CCNC(C)c1nc2cc(C(F)(F)F)ccc2s1. The minimum atomic E-state index is -4.31. The molecule has 0 aliphatic heterocycles. The fraction of sp³-hybridized carbons (Fsp3) is 0.417. The van der Waals surface area contributed by atoms with Crippen molar-refractivity contribution in [1.29, 1.82) is 0 Å². The smallest absolute Gasteiger partial charge is 0.308 e. The quantitative estimate of drug-likeness (QED) is 0.915. The highest BCUT2D eigenvalue weighted by Gasteiger charge is 2.30. The monoisotopic (exact) mass is 274 g/mol. The first kappa shape index (κ1) is 13.3. The predicted molar refractivity (Wildman–Crippen MR) is 66.7 cm³/mol. The number of nitrogens with one attached hydrogen (secondary N) is 1. The standard InChI is InChI=1S/C12H13F3N2S/c1-3-16-7(2)11-17-9-6-8(12(13,14)15)4-5-10(9)18-11/h4-7,16H,3H2,1-2H3. The summed E-state index contributed by atoms with van der Waals surface area (Å²) in [6.07, 6.45) is -4.31. The van der Waals surface area contributed by atoms with Crippen molar-refractivity contribution in [3.63, 3.8) is 0 Å². The Balaban J connectivity index is 2.40. The zero-order valence-electron chi connectivity index (χ0n) is 10.0. The van der Waals surface area contributed by atoms with E-state index < -0.39 is 11.7 Å². The average Bonchev–Trinajstić information content (AvgIpc) is 2.70. The van der Waals surface area contributed by atoms with E-state index in [2.05, 4.69) is 10.3 Å². The highest BCUT2D eigenvalue weighted by atomic mass is 32.1. The third-order valence-electron chi connectivity index (χ3n) is 2.61. The Bertz CT molecular complexity index is 548. The van der Waals surface area contributed by atoms with Crippen LogP contribution in [0.4, 0.5) is 13.2 Å². The second-order valence-electron chi connectivity index (χ2n) is 4.01. The molecule has 1 N–H and O–H groups in total. The van der Waals surface area contributed by atoms with Crippen molar-refractivity contribution in [3.8, 4) is 0 Å². The Hall–Kier alpha value is -1.14. The van der Waals surface area contributed by atoms with Gasteiger partial charge in [0.2, 0.25) is 0 Å². The first-order chi connectivity index (χ1) is 8.41. The molecule has 1 heterocycles. The summed E-state index contributed by atoms with van der Waals surface area (Å²) in [7, 11) is 0. The van der Waals surface area contributed by atoms with Crippen molar-refractivity contribution in [2.24, 2.45) is 0 Å². The highest BCUT2D eigenvalue weighted by molar-refractivity contribution is 7.18. The van der Waals surface area contributed by atoms with Gasteiger partial charge in [0.05, 0.1) is 21.8 Å². The van der Waals surface area contributed by atoms with Gasteiger partial charge in [-0.15, -0.1) is 11.3 Å². The Morgan fingerprint density at radius 1 is 1.39 bits per heavy atom. The zero-order chi connectivity index (χ0) is 13.3. The number of hydrogen-bond acceptors (Lipinski definition) is 3. The van der Waals surface area contributed by atoms with E-state index in [4.69, 9.17) is 0 Å². The topological polar surface area (TPSA) is 24.9 Å². The highest BCUT2D eigenvalue weighted by Crippen LogP contribution is 2.33. The van der Waals surface area contributed by atoms with Gasteiger partial charge >= 0.3 is 6.18 Å². The number of thiazole rings is 1. The maximum Gasteiger partial charge on any atom is 0.416 e. The number of alkyl halides is 3. The molecule has 6 heteroatoms. The molecule has 1 atom stereocenters. The molecule has 1 unspecified atom stereocenters. The van der Waals surface area contributed by atoms with Crippen molar-refractivity contribution in [3.05, 3.63) is 28.8 Å². The third kappa shape index (κ3) is 2.64. The van der Waals surface area contributed by atoms with E-state index >= 15 is 0 Å². The molecule has 0 saturated heterocycles. The molecule has 0 saturated carbocycles. The summed E-state index contributed by atoms with van der Waals surface area (Å²) >= 11 is 1.42. The largest absolute Gasteiger partial charge is 0.416 e. The summed E-state index contributed by atoms with van der Waals surface area (Å²) < 4.78 is 38.5. The first-order valence-corrected chi connectivity index (χ1v) is 6.44. The van der Waals surface area contributed by atoms with E-state index in [1.165, 1.54) is 17.4 Å². The van der Waals surface area contributed by atoms with Gasteiger partial charge in [-0.3, -0.25) is 0 Å². The molecule has 0 fully saturated rings. The molecule has 98 valence electrons. The molecule has 0 amide bonds. The third-order valence-corrected chi connectivity index (χ3v) is 3.83. The van der Waals surface area contributed by atoms with Crippen molar-refractivity contribution in [1.82, 2.24) is 10.3 Å². The minimum Gasteiger partial charge on any atom is -0.308 e. The van der Waals surface area contributed by atoms with E-state index in [0.717, 1.165) is 28.4 Å². The molecule has 2 aromatic rings. The van der Waals surface area contributed by atoms with Crippen LogP contribution in [-0.4, -0.2) is 11.5 Å². The molecule has 18 heavy (non-hydrogen) atoms. The van der Waals surface area contributed by atoms with Crippen LogP contribution in [0.15, 0.2) is 18.2 Å². The van der Waals surface area contributed by atoms with Crippen LogP contribution in [0.2, 0.25) is 0 Å². The first-order valence-electron chi connectivity index (χ1n) is 5.63. The summed E-state index contributed by atoms with van der Waals surface area (Å²) in [6.45, 7) is 4.72. The lowest BCUT2D eigenvalue weighted by Gasteiger charge is -2.07. The Kier molecular flexibility index (Phi) is 3.59. The summed E-state index contributed by atoms with van der Waals surface area (Å²) in [5.41, 5.74) is -0.238. The number of nitrogens with zero attached hydrogens (tertiary/aromatic N) is 1.